The van der Waals surface area contributed by atoms with E-state index >= 15 is 0 Å². The number of hydrogen-bond donors (Lipinski definition) is 0. The Labute approximate surface area is 67.2 Å². The predicted molar refractivity (Wildman–Crippen MR) is 43.4 cm³/mol. The highest BCUT2D eigenvalue weighted by Gasteiger charge is 2.08. The minimum Gasteiger partial charge on any atom is -0.377 e. The van der Waals surface area contributed by atoms with Crippen molar-refractivity contribution in [3.8, 4) is 0 Å². The quantitative estimate of drug-likeness (QED) is 0.576. The molecular weight excluding hydrogens is 140 g/mol. The summed E-state index contributed by atoms with van der Waals surface area (Å²) in [5.74, 6) is 0.195. The molecule has 1 rings (SSSR count). The molecule has 0 bridgehead atoms. The number of carbonyl (C=O) groups is 1. The zero-order valence-electron chi connectivity index (χ0n) is 6.93. The van der Waals surface area contributed by atoms with Gasteiger partial charge in [-0.25, -0.2) is 0 Å². The molecule has 11 heavy (non-hydrogen) atoms. The van der Waals surface area contributed by atoms with E-state index < -0.39 is 0 Å². The van der Waals surface area contributed by atoms with Crippen LogP contribution in [0, 0.1) is 0 Å². The Bertz CT molecular complexity index is 170. The normalized spacial score (nSPS) is 16.6. The van der Waals surface area contributed by atoms with Gasteiger partial charge < -0.3 is 4.74 Å². The SMILES string of the molecule is COCC(=O)CC1=CCCC1. The summed E-state index contributed by atoms with van der Waals surface area (Å²) in [4.78, 5) is 11.0. The number of carbonyl (C=O) groups excluding carboxylic acids is 1. The van der Waals surface area contributed by atoms with Crippen molar-refractivity contribution in [2.24, 2.45) is 0 Å². The summed E-state index contributed by atoms with van der Waals surface area (Å²) in [6.07, 6.45) is 6.25. The Morgan fingerprint density at radius 2 is 2.55 bits per heavy atom. The van der Waals surface area contributed by atoms with E-state index in [4.69, 9.17) is 4.74 Å². The number of allylic oxidation sites excluding steroid dienone is 2. The van der Waals surface area contributed by atoms with Crippen LogP contribution in [0.15, 0.2) is 11.6 Å². The third kappa shape index (κ3) is 2.85. The molecule has 1 aliphatic carbocycles. The van der Waals surface area contributed by atoms with Gasteiger partial charge in [-0.3, -0.25) is 4.79 Å². The second-order valence-electron chi connectivity index (χ2n) is 2.90. The van der Waals surface area contributed by atoms with Crippen LogP contribution in [-0.4, -0.2) is 19.5 Å². The van der Waals surface area contributed by atoms with Gasteiger partial charge in [0.1, 0.15) is 6.61 Å². The van der Waals surface area contributed by atoms with Crippen LogP contribution in [0.4, 0.5) is 0 Å². The van der Waals surface area contributed by atoms with Gasteiger partial charge in [0.2, 0.25) is 0 Å². The molecule has 0 saturated carbocycles. The van der Waals surface area contributed by atoms with Crippen molar-refractivity contribution in [2.45, 2.75) is 25.7 Å². The zero-order valence-corrected chi connectivity index (χ0v) is 6.93. The average Bonchev–Trinajstić information content (AvgIpc) is 2.40. The van der Waals surface area contributed by atoms with Gasteiger partial charge in [0, 0.05) is 13.5 Å². The molecule has 2 heteroatoms. The number of hydrogen-bond acceptors (Lipinski definition) is 2. The highest BCUT2D eigenvalue weighted by Crippen LogP contribution is 2.20. The first-order valence-electron chi connectivity index (χ1n) is 4.01. The largest absolute Gasteiger partial charge is 0.377 e. The van der Waals surface area contributed by atoms with Crippen molar-refractivity contribution >= 4 is 5.78 Å². The second-order valence-corrected chi connectivity index (χ2v) is 2.90. The van der Waals surface area contributed by atoms with Gasteiger partial charge in [-0.1, -0.05) is 11.6 Å². The maximum Gasteiger partial charge on any atom is 0.162 e. The fraction of sp³-hybridized carbons (Fsp3) is 0.667. The second kappa shape index (κ2) is 4.29. The first-order valence-corrected chi connectivity index (χ1v) is 4.01. The molecule has 0 atom stereocenters. The van der Waals surface area contributed by atoms with E-state index in [9.17, 15) is 4.79 Å². The first-order chi connectivity index (χ1) is 5.33. The van der Waals surface area contributed by atoms with Crippen LogP contribution in [0.1, 0.15) is 25.7 Å². The molecule has 0 aromatic rings. The van der Waals surface area contributed by atoms with Crippen molar-refractivity contribution in [1.82, 2.24) is 0 Å². The van der Waals surface area contributed by atoms with Gasteiger partial charge in [-0.15, -0.1) is 0 Å². The lowest BCUT2D eigenvalue weighted by molar-refractivity contribution is -0.121. The monoisotopic (exact) mass is 154 g/mol. The van der Waals surface area contributed by atoms with E-state index in [0.29, 0.717) is 6.42 Å². The molecule has 1 aliphatic rings. The van der Waals surface area contributed by atoms with Gasteiger partial charge in [-0.2, -0.15) is 0 Å². The van der Waals surface area contributed by atoms with Crippen molar-refractivity contribution in [1.29, 1.82) is 0 Å². The minimum atomic E-state index is 0.195. The molecule has 2 nitrogen and oxygen atoms in total. The predicted octanol–water partition coefficient (Wildman–Crippen LogP) is 1.70. The smallest absolute Gasteiger partial charge is 0.162 e. The van der Waals surface area contributed by atoms with Gasteiger partial charge in [0.15, 0.2) is 5.78 Å². The Morgan fingerprint density at radius 1 is 1.73 bits per heavy atom. The molecule has 0 amide bonds. The summed E-state index contributed by atoms with van der Waals surface area (Å²) >= 11 is 0. The lowest BCUT2D eigenvalue weighted by atomic mass is 10.1. The van der Waals surface area contributed by atoms with Crippen LogP contribution < -0.4 is 0 Å². The molecule has 0 fully saturated rings. The van der Waals surface area contributed by atoms with Crippen LogP contribution in [0.25, 0.3) is 0 Å². The lowest BCUT2D eigenvalue weighted by Gasteiger charge is -1.99. The molecule has 0 N–H and O–H groups in total. The van der Waals surface area contributed by atoms with Gasteiger partial charge >= 0.3 is 0 Å². The minimum absolute atomic E-state index is 0.195. The average molecular weight is 154 g/mol. The van der Waals surface area contributed by atoms with Crippen LogP contribution >= 0.6 is 0 Å². The van der Waals surface area contributed by atoms with Gasteiger partial charge in [-0.05, 0) is 19.3 Å². The van der Waals surface area contributed by atoms with Crippen molar-refractivity contribution in [3.63, 3.8) is 0 Å². The van der Waals surface area contributed by atoms with E-state index in [1.807, 2.05) is 0 Å². The third-order valence-electron chi connectivity index (χ3n) is 1.86. The maximum absolute atomic E-state index is 11.0. The number of rotatable bonds is 4. The van der Waals surface area contributed by atoms with Crippen molar-refractivity contribution in [2.75, 3.05) is 13.7 Å². The number of ether oxygens (including phenoxy) is 1. The fourth-order valence-electron chi connectivity index (χ4n) is 1.36. The van der Waals surface area contributed by atoms with Gasteiger partial charge in [0.05, 0.1) is 0 Å². The Balaban J connectivity index is 2.24. The van der Waals surface area contributed by atoms with Crippen LogP contribution in [-0.2, 0) is 9.53 Å². The van der Waals surface area contributed by atoms with Crippen molar-refractivity contribution < 1.29 is 9.53 Å². The molecule has 0 radical (unpaired) electrons. The molecule has 0 aromatic heterocycles. The summed E-state index contributed by atoms with van der Waals surface area (Å²) in [7, 11) is 1.56. The topological polar surface area (TPSA) is 26.3 Å². The summed E-state index contributed by atoms with van der Waals surface area (Å²) in [5, 5.41) is 0. The summed E-state index contributed by atoms with van der Waals surface area (Å²) in [5.41, 5.74) is 1.30. The molecule has 0 spiro atoms. The number of ketones is 1. The Kier molecular flexibility index (Phi) is 3.30. The first kappa shape index (κ1) is 8.47. The van der Waals surface area contributed by atoms with Crippen LogP contribution in [0.5, 0.6) is 0 Å². The molecule has 0 aliphatic heterocycles. The summed E-state index contributed by atoms with van der Waals surface area (Å²) in [6.45, 7) is 0.261. The van der Waals surface area contributed by atoms with E-state index in [1.54, 1.807) is 7.11 Å². The van der Waals surface area contributed by atoms with E-state index in [2.05, 4.69) is 6.08 Å². The highest BCUT2D eigenvalue weighted by molar-refractivity contribution is 5.82. The molecule has 0 heterocycles. The maximum atomic E-state index is 11.0. The Hall–Kier alpha value is -0.630. The van der Waals surface area contributed by atoms with E-state index in [0.717, 1.165) is 12.8 Å². The number of methoxy groups -OCH3 is 1. The standard InChI is InChI=1S/C9H14O2/c1-11-7-9(10)6-8-4-2-3-5-8/h4H,2-3,5-7H2,1H3. The van der Waals surface area contributed by atoms with Crippen LogP contribution in [0.3, 0.4) is 0 Å². The van der Waals surface area contributed by atoms with E-state index in [1.165, 1.54) is 12.0 Å². The van der Waals surface area contributed by atoms with Gasteiger partial charge in [0.25, 0.3) is 0 Å². The Morgan fingerprint density at radius 3 is 3.09 bits per heavy atom. The molecule has 0 saturated heterocycles. The van der Waals surface area contributed by atoms with Crippen molar-refractivity contribution in [3.05, 3.63) is 11.6 Å². The number of Topliss-reactive ketones (excluding diaryl/α,β-unsaturated/α-hetero) is 1. The summed E-state index contributed by atoms with van der Waals surface area (Å²) < 4.78 is 4.74. The molecular formula is C9H14O2. The molecule has 62 valence electrons. The van der Waals surface area contributed by atoms with E-state index in [-0.39, 0.29) is 12.4 Å². The zero-order chi connectivity index (χ0) is 8.10. The summed E-state index contributed by atoms with van der Waals surface area (Å²) in [6, 6.07) is 0. The van der Waals surface area contributed by atoms with Crippen LogP contribution in [0.2, 0.25) is 0 Å². The molecule has 0 aromatic carbocycles. The fourth-order valence-corrected chi connectivity index (χ4v) is 1.36. The highest BCUT2D eigenvalue weighted by atomic mass is 16.5. The lowest BCUT2D eigenvalue weighted by Crippen LogP contribution is -2.06. The third-order valence-corrected chi connectivity index (χ3v) is 1.86. The molecule has 0 unspecified atom stereocenters.